The second-order valence-corrected chi connectivity index (χ2v) is 4.57. The molecular weight excluding hydrogens is 234 g/mol. The van der Waals surface area contributed by atoms with Crippen molar-refractivity contribution >= 4 is 17.4 Å². The molecule has 4 heteroatoms. The van der Waals surface area contributed by atoms with E-state index in [1.54, 1.807) is 30.0 Å². The molecule has 90 valence electrons. The summed E-state index contributed by atoms with van der Waals surface area (Å²) >= 11 is 1.74. The van der Waals surface area contributed by atoms with Gasteiger partial charge in [0.15, 0.2) is 0 Å². The summed E-state index contributed by atoms with van der Waals surface area (Å²) < 4.78 is 5.63. The second kappa shape index (κ2) is 5.68. The van der Waals surface area contributed by atoms with Gasteiger partial charge in [0, 0.05) is 11.8 Å². The van der Waals surface area contributed by atoms with Crippen molar-refractivity contribution in [3.63, 3.8) is 0 Å². The average Bonchev–Trinajstić information content (AvgIpc) is 2.75. The maximum Gasteiger partial charge on any atom is 0.123 e. The Morgan fingerprint density at radius 1 is 1.24 bits per heavy atom. The van der Waals surface area contributed by atoms with Crippen LogP contribution < -0.4 is 5.32 Å². The van der Waals surface area contributed by atoms with Crippen LogP contribution in [0, 0.1) is 0 Å². The molecule has 0 fully saturated rings. The number of thioether (sulfide) groups is 1. The van der Waals surface area contributed by atoms with Crippen LogP contribution in [0.2, 0.25) is 0 Å². The Hall–Kier alpha value is -1.55. The molecule has 1 aromatic carbocycles. The molecule has 2 rings (SSSR count). The fourth-order valence-electron chi connectivity index (χ4n) is 1.54. The molecule has 1 aromatic heterocycles. The minimum atomic E-state index is 0.262. The Bertz CT molecular complexity index is 482. The van der Waals surface area contributed by atoms with Crippen molar-refractivity contribution in [2.75, 3.05) is 11.6 Å². The number of anilines is 1. The largest absolute Gasteiger partial charge is 0.508 e. The molecule has 0 aliphatic rings. The van der Waals surface area contributed by atoms with Gasteiger partial charge in [-0.25, -0.2) is 0 Å². The second-order valence-electron chi connectivity index (χ2n) is 3.70. The fourth-order valence-corrected chi connectivity index (χ4v) is 1.98. The lowest BCUT2D eigenvalue weighted by Gasteiger charge is -2.04. The van der Waals surface area contributed by atoms with Crippen molar-refractivity contribution in [2.24, 2.45) is 0 Å². The topological polar surface area (TPSA) is 45.4 Å². The Morgan fingerprint density at radius 2 is 2.06 bits per heavy atom. The molecular formula is C13H15NO2S. The highest BCUT2D eigenvalue weighted by atomic mass is 32.2. The number of furan rings is 1. The molecule has 17 heavy (non-hydrogen) atoms. The number of hydrogen-bond acceptors (Lipinski definition) is 4. The highest BCUT2D eigenvalue weighted by Gasteiger charge is 2.01. The van der Waals surface area contributed by atoms with Gasteiger partial charge in [0.2, 0.25) is 0 Å². The van der Waals surface area contributed by atoms with E-state index < -0.39 is 0 Å². The molecule has 0 amide bonds. The van der Waals surface area contributed by atoms with Crippen molar-refractivity contribution < 1.29 is 9.52 Å². The Kier molecular flexibility index (Phi) is 3.98. The molecule has 0 radical (unpaired) electrons. The number of phenols is 1. The molecule has 0 saturated heterocycles. The number of aromatic hydroxyl groups is 1. The van der Waals surface area contributed by atoms with Crippen LogP contribution in [0.15, 0.2) is 40.8 Å². The van der Waals surface area contributed by atoms with E-state index in [-0.39, 0.29) is 5.75 Å². The van der Waals surface area contributed by atoms with Crippen LogP contribution in [-0.4, -0.2) is 11.4 Å². The van der Waals surface area contributed by atoms with Gasteiger partial charge in [-0.05, 0) is 30.5 Å². The fraction of sp³-hybridized carbons (Fsp3) is 0.231. The van der Waals surface area contributed by atoms with Crippen molar-refractivity contribution in [3.8, 4) is 5.75 Å². The molecule has 0 saturated carbocycles. The number of hydrogen-bond donors (Lipinski definition) is 2. The van der Waals surface area contributed by atoms with Crippen molar-refractivity contribution in [1.29, 1.82) is 0 Å². The first-order valence-corrected chi connectivity index (χ1v) is 6.77. The molecule has 2 N–H and O–H groups in total. The van der Waals surface area contributed by atoms with Gasteiger partial charge >= 0.3 is 0 Å². The van der Waals surface area contributed by atoms with Crippen LogP contribution in [0.1, 0.15) is 11.5 Å². The summed E-state index contributed by atoms with van der Waals surface area (Å²) in [5, 5.41) is 12.5. The summed E-state index contributed by atoms with van der Waals surface area (Å²) in [6.45, 7) is 0.623. The van der Waals surface area contributed by atoms with E-state index in [0.717, 1.165) is 23.0 Å². The van der Waals surface area contributed by atoms with Gasteiger partial charge in [-0.15, -0.1) is 0 Å². The summed E-state index contributed by atoms with van der Waals surface area (Å²) in [6.07, 6.45) is 2.05. The van der Waals surface area contributed by atoms with Gasteiger partial charge in [0.25, 0.3) is 0 Å². The van der Waals surface area contributed by atoms with Gasteiger partial charge in [-0.1, -0.05) is 6.07 Å². The third kappa shape index (κ3) is 3.46. The van der Waals surface area contributed by atoms with Gasteiger partial charge in [-0.2, -0.15) is 11.8 Å². The quantitative estimate of drug-likeness (QED) is 0.851. The zero-order valence-corrected chi connectivity index (χ0v) is 10.5. The summed E-state index contributed by atoms with van der Waals surface area (Å²) in [5.41, 5.74) is 0.882. The third-order valence-corrected chi connectivity index (χ3v) is 2.89. The van der Waals surface area contributed by atoms with Crippen LogP contribution >= 0.6 is 11.8 Å². The van der Waals surface area contributed by atoms with Crippen molar-refractivity contribution in [2.45, 2.75) is 12.3 Å². The smallest absolute Gasteiger partial charge is 0.123 e. The normalized spacial score (nSPS) is 10.4. The minimum Gasteiger partial charge on any atom is -0.508 e. The first kappa shape index (κ1) is 11.9. The van der Waals surface area contributed by atoms with E-state index in [2.05, 4.69) is 5.32 Å². The van der Waals surface area contributed by atoms with Crippen LogP contribution in [0.3, 0.4) is 0 Å². The number of phenolic OH excluding ortho intramolecular Hbond substituents is 1. The van der Waals surface area contributed by atoms with Crippen LogP contribution in [-0.2, 0) is 12.3 Å². The predicted molar refractivity (Wildman–Crippen MR) is 71.4 cm³/mol. The lowest BCUT2D eigenvalue weighted by Crippen LogP contribution is -1.97. The zero-order valence-electron chi connectivity index (χ0n) is 9.64. The predicted octanol–water partition coefficient (Wildman–Crippen LogP) is 3.46. The highest BCUT2D eigenvalue weighted by Crippen LogP contribution is 2.18. The Morgan fingerprint density at radius 3 is 2.82 bits per heavy atom. The highest BCUT2D eigenvalue weighted by molar-refractivity contribution is 7.97. The zero-order chi connectivity index (χ0) is 12.1. The number of nitrogens with one attached hydrogen (secondary N) is 1. The molecule has 3 nitrogen and oxygen atoms in total. The average molecular weight is 249 g/mol. The van der Waals surface area contributed by atoms with Crippen LogP contribution in [0.5, 0.6) is 5.75 Å². The van der Waals surface area contributed by atoms with Crippen LogP contribution in [0.25, 0.3) is 0 Å². The molecule has 2 aromatic rings. The van der Waals surface area contributed by atoms with Crippen LogP contribution in [0.4, 0.5) is 5.69 Å². The van der Waals surface area contributed by atoms with Gasteiger partial charge in [-0.3, -0.25) is 0 Å². The molecule has 0 aliphatic carbocycles. The third-order valence-electron chi connectivity index (χ3n) is 2.32. The molecule has 0 atom stereocenters. The molecule has 0 aliphatic heterocycles. The number of rotatable bonds is 5. The van der Waals surface area contributed by atoms with E-state index in [4.69, 9.17) is 4.42 Å². The standard InChI is InChI=1S/C13H15NO2S/c1-17-9-13-6-5-12(16-13)8-14-10-3-2-4-11(15)7-10/h2-7,14-15H,8-9H2,1H3. The Labute approximate surface area is 105 Å². The SMILES string of the molecule is CSCc1ccc(CNc2cccc(O)c2)o1. The summed E-state index contributed by atoms with van der Waals surface area (Å²) in [6, 6.07) is 11.0. The first-order chi connectivity index (χ1) is 8.28. The summed E-state index contributed by atoms with van der Waals surface area (Å²) in [7, 11) is 0. The lowest BCUT2D eigenvalue weighted by molar-refractivity contribution is 0.475. The van der Waals surface area contributed by atoms with E-state index in [1.807, 2.05) is 24.5 Å². The minimum absolute atomic E-state index is 0.262. The lowest BCUT2D eigenvalue weighted by atomic mass is 10.3. The van der Waals surface area contributed by atoms with E-state index in [0.29, 0.717) is 6.54 Å². The Balaban J connectivity index is 1.93. The van der Waals surface area contributed by atoms with E-state index in [9.17, 15) is 5.11 Å². The molecule has 0 spiro atoms. The van der Waals surface area contributed by atoms with Gasteiger partial charge in [0.1, 0.15) is 17.3 Å². The number of benzene rings is 1. The maximum absolute atomic E-state index is 9.32. The van der Waals surface area contributed by atoms with Crippen molar-refractivity contribution in [3.05, 3.63) is 47.9 Å². The summed E-state index contributed by atoms with van der Waals surface area (Å²) in [4.78, 5) is 0. The summed E-state index contributed by atoms with van der Waals surface area (Å²) in [5.74, 6) is 3.05. The van der Waals surface area contributed by atoms with E-state index in [1.165, 1.54) is 0 Å². The van der Waals surface area contributed by atoms with E-state index >= 15 is 0 Å². The molecule has 1 heterocycles. The van der Waals surface area contributed by atoms with Gasteiger partial charge < -0.3 is 14.8 Å². The first-order valence-electron chi connectivity index (χ1n) is 5.37. The molecule has 0 bridgehead atoms. The maximum atomic E-state index is 9.32. The molecule has 0 unspecified atom stereocenters. The monoisotopic (exact) mass is 249 g/mol. The van der Waals surface area contributed by atoms with Gasteiger partial charge in [0.05, 0.1) is 12.3 Å². The van der Waals surface area contributed by atoms with Crippen molar-refractivity contribution in [1.82, 2.24) is 0 Å².